The molecule has 0 amide bonds. The summed E-state index contributed by atoms with van der Waals surface area (Å²) >= 11 is 0. The molecule has 1 rings (SSSR count). The molecule has 0 aromatic carbocycles. The van der Waals surface area contributed by atoms with Gasteiger partial charge in [0.25, 0.3) is 0 Å². The lowest BCUT2D eigenvalue weighted by Gasteiger charge is -2.38. The zero-order valence-electron chi connectivity index (χ0n) is 15.5. The van der Waals surface area contributed by atoms with E-state index in [-0.39, 0.29) is 11.5 Å². The van der Waals surface area contributed by atoms with Gasteiger partial charge in [-0.2, -0.15) is 0 Å². The van der Waals surface area contributed by atoms with Gasteiger partial charge in [-0.25, -0.2) is 0 Å². The molecule has 1 heteroatoms. The van der Waals surface area contributed by atoms with Gasteiger partial charge in [-0.3, -0.25) is 0 Å². The van der Waals surface area contributed by atoms with Crippen LogP contribution < -0.4 is 0 Å². The zero-order valence-corrected chi connectivity index (χ0v) is 15.5. The predicted molar refractivity (Wildman–Crippen MR) is 102 cm³/mol. The Morgan fingerprint density at radius 1 is 1.13 bits per heavy atom. The van der Waals surface area contributed by atoms with Gasteiger partial charge in [0.2, 0.25) is 0 Å². The van der Waals surface area contributed by atoms with Crippen LogP contribution in [0.4, 0.5) is 0 Å². The fourth-order valence-electron chi connectivity index (χ4n) is 3.12. The third-order valence-electron chi connectivity index (χ3n) is 4.34. The van der Waals surface area contributed by atoms with E-state index in [9.17, 15) is 5.11 Å². The molecule has 0 aliphatic heterocycles. The minimum absolute atomic E-state index is 0.0939. The van der Waals surface area contributed by atoms with E-state index >= 15 is 0 Å². The lowest BCUT2D eigenvalue weighted by molar-refractivity contribution is 0.117. The first-order chi connectivity index (χ1) is 10.8. The molecular formula is C22H32O. The van der Waals surface area contributed by atoms with Crippen molar-refractivity contribution in [3.05, 3.63) is 71.4 Å². The molecule has 1 nitrogen and oxygen atoms in total. The highest BCUT2D eigenvalue weighted by atomic mass is 16.3. The fourth-order valence-corrected chi connectivity index (χ4v) is 3.12. The van der Waals surface area contributed by atoms with Gasteiger partial charge in [0, 0.05) is 5.92 Å². The summed E-state index contributed by atoms with van der Waals surface area (Å²) in [6.07, 6.45) is 19.5. The van der Waals surface area contributed by atoms with Crippen LogP contribution >= 0.6 is 0 Å². The Morgan fingerprint density at radius 3 is 2.35 bits per heavy atom. The summed E-state index contributed by atoms with van der Waals surface area (Å²) in [4.78, 5) is 0. The first-order valence-corrected chi connectivity index (χ1v) is 8.45. The van der Waals surface area contributed by atoms with Crippen LogP contribution in [-0.2, 0) is 0 Å². The standard InChI is InChI=1S/C22H32O/c1-7-8-10-17(2)11-9-12-18(3)13-14-21-19(4)15-20(23)16-22(21,5)6/h7-15,20-21,23H,16H2,1-6H3/b8-7+,11-9+,14-13+,17-10+,18-12+/t20-,21-/m0/s1. The quantitative estimate of drug-likeness (QED) is 0.493. The molecule has 0 heterocycles. The molecule has 126 valence electrons. The van der Waals surface area contributed by atoms with Crippen LogP contribution in [0.5, 0.6) is 0 Å². The average molecular weight is 312 g/mol. The van der Waals surface area contributed by atoms with Crippen LogP contribution in [0.3, 0.4) is 0 Å². The minimum Gasteiger partial charge on any atom is -0.389 e. The highest BCUT2D eigenvalue weighted by Crippen LogP contribution is 2.41. The van der Waals surface area contributed by atoms with Crippen molar-refractivity contribution in [1.82, 2.24) is 0 Å². The first kappa shape index (κ1) is 19.4. The summed E-state index contributed by atoms with van der Waals surface area (Å²) in [7, 11) is 0. The largest absolute Gasteiger partial charge is 0.389 e. The smallest absolute Gasteiger partial charge is 0.0729 e. The fraction of sp³-hybridized carbons (Fsp3) is 0.455. The highest BCUT2D eigenvalue weighted by Gasteiger charge is 2.34. The molecule has 0 bridgehead atoms. The number of hydrogen-bond donors (Lipinski definition) is 1. The Hall–Kier alpha value is -1.60. The maximum Gasteiger partial charge on any atom is 0.0729 e. The second-order valence-electron chi connectivity index (χ2n) is 7.21. The second-order valence-corrected chi connectivity index (χ2v) is 7.21. The van der Waals surface area contributed by atoms with Gasteiger partial charge in [0.1, 0.15) is 0 Å². The molecule has 0 aromatic rings. The summed E-state index contributed by atoms with van der Waals surface area (Å²) in [5.74, 6) is 0.384. The molecule has 0 spiro atoms. The molecule has 0 unspecified atom stereocenters. The van der Waals surface area contributed by atoms with Crippen molar-refractivity contribution in [3.63, 3.8) is 0 Å². The maximum absolute atomic E-state index is 9.91. The number of hydrogen-bond acceptors (Lipinski definition) is 1. The normalized spacial score (nSPS) is 26.5. The first-order valence-electron chi connectivity index (χ1n) is 8.45. The van der Waals surface area contributed by atoms with Crippen LogP contribution in [0.15, 0.2) is 71.4 Å². The molecule has 1 aliphatic carbocycles. The van der Waals surface area contributed by atoms with E-state index in [4.69, 9.17) is 0 Å². The van der Waals surface area contributed by atoms with Crippen LogP contribution in [0.2, 0.25) is 0 Å². The number of rotatable bonds is 5. The molecule has 1 N–H and O–H groups in total. The molecule has 0 saturated heterocycles. The van der Waals surface area contributed by atoms with E-state index < -0.39 is 0 Å². The third-order valence-corrected chi connectivity index (χ3v) is 4.34. The van der Waals surface area contributed by atoms with Crippen molar-refractivity contribution in [2.75, 3.05) is 0 Å². The molecule has 23 heavy (non-hydrogen) atoms. The molecule has 0 radical (unpaired) electrons. The van der Waals surface area contributed by atoms with Crippen LogP contribution in [-0.4, -0.2) is 11.2 Å². The average Bonchev–Trinajstić information content (AvgIpc) is 2.43. The highest BCUT2D eigenvalue weighted by molar-refractivity contribution is 5.30. The number of aliphatic hydroxyl groups excluding tert-OH is 1. The van der Waals surface area contributed by atoms with E-state index in [1.165, 1.54) is 16.7 Å². The molecule has 0 saturated carbocycles. The summed E-state index contributed by atoms with van der Waals surface area (Å²) in [6, 6.07) is 0. The Morgan fingerprint density at radius 2 is 1.74 bits per heavy atom. The van der Waals surface area contributed by atoms with Crippen LogP contribution in [0.1, 0.15) is 48.0 Å². The number of aliphatic hydroxyl groups is 1. The number of allylic oxidation sites excluding steroid dienone is 11. The Balaban J connectivity index is 2.78. The summed E-state index contributed by atoms with van der Waals surface area (Å²) in [5, 5.41) is 9.91. The lowest BCUT2D eigenvalue weighted by Crippen LogP contribution is -2.32. The van der Waals surface area contributed by atoms with Crippen molar-refractivity contribution in [2.24, 2.45) is 11.3 Å². The summed E-state index contributed by atoms with van der Waals surface area (Å²) in [6.45, 7) is 12.8. The molecule has 2 atom stereocenters. The van der Waals surface area contributed by atoms with Crippen molar-refractivity contribution in [2.45, 2.75) is 54.1 Å². The summed E-state index contributed by atoms with van der Waals surface area (Å²) < 4.78 is 0. The lowest BCUT2D eigenvalue weighted by atomic mass is 9.67. The van der Waals surface area contributed by atoms with Gasteiger partial charge in [-0.05, 0) is 39.5 Å². The van der Waals surface area contributed by atoms with Crippen LogP contribution in [0, 0.1) is 11.3 Å². The van der Waals surface area contributed by atoms with Gasteiger partial charge in [-0.1, -0.05) is 85.3 Å². The van der Waals surface area contributed by atoms with Gasteiger partial charge >= 0.3 is 0 Å². The third kappa shape index (κ3) is 6.58. The Labute approximate surface area is 142 Å². The zero-order chi connectivity index (χ0) is 17.5. The van der Waals surface area contributed by atoms with Crippen LogP contribution in [0.25, 0.3) is 0 Å². The molecule has 0 aromatic heterocycles. The van der Waals surface area contributed by atoms with Gasteiger partial charge in [0.15, 0.2) is 0 Å². The Bertz CT molecular complexity index is 565. The van der Waals surface area contributed by atoms with E-state index in [1.54, 1.807) is 0 Å². The van der Waals surface area contributed by atoms with Crippen molar-refractivity contribution in [3.8, 4) is 0 Å². The van der Waals surface area contributed by atoms with E-state index in [1.807, 2.05) is 25.2 Å². The van der Waals surface area contributed by atoms with Gasteiger partial charge in [0.05, 0.1) is 6.10 Å². The van der Waals surface area contributed by atoms with E-state index in [0.717, 1.165) is 6.42 Å². The van der Waals surface area contributed by atoms with E-state index in [2.05, 4.69) is 71.1 Å². The maximum atomic E-state index is 9.91. The van der Waals surface area contributed by atoms with Crippen molar-refractivity contribution >= 4 is 0 Å². The summed E-state index contributed by atoms with van der Waals surface area (Å²) in [5.41, 5.74) is 3.82. The topological polar surface area (TPSA) is 20.2 Å². The van der Waals surface area contributed by atoms with Gasteiger partial charge in [-0.15, -0.1) is 0 Å². The van der Waals surface area contributed by atoms with Crippen molar-refractivity contribution < 1.29 is 5.11 Å². The second kappa shape index (κ2) is 8.88. The molecule has 1 aliphatic rings. The SMILES string of the molecule is C/C=C/C=C(C)/C=C/C=C(C)/C=C/[C@H]1C(C)=C[C@H](O)CC1(C)C. The van der Waals surface area contributed by atoms with Crippen molar-refractivity contribution in [1.29, 1.82) is 0 Å². The monoisotopic (exact) mass is 312 g/mol. The minimum atomic E-state index is -0.304. The predicted octanol–water partition coefficient (Wildman–Crippen LogP) is 5.92. The van der Waals surface area contributed by atoms with E-state index in [0.29, 0.717) is 5.92 Å². The molecular weight excluding hydrogens is 280 g/mol. The Kier molecular flexibility index (Phi) is 7.51. The van der Waals surface area contributed by atoms with Gasteiger partial charge < -0.3 is 5.11 Å². The molecule has 0 fully saturated rings.